The van der Waals surface area contributed by atoms with Gasteiger partial charge in [-0.05, 0) is 60.3 Å². The molecule has 9 heteroatoms. The minimum Gasteiger partial charge on any atom is -0.378 e. The van der Waals surface area contributed by atoms with Gasteiger partial charge in [0, 0.05) is 18.8 Å². The summed E-state index contributed by atoms with van der Waals surface area (Å²) in [4.78, 5) is 32.2. The number of ether oxygens (including phenoxy) is 1. The van der Waals surface area contributed by atoms with E-state index in [-0.39, 0.29) is 26.4 Å². The molecule has 2 heterocycles. The Morgan fingerprint density at radius 3 is 2.03 bits per heavy atom. The molecule has 0 aliphatic carbocycles. The fraction of sp³-hybridized carbons (Fsp3) is 0.138. The van der Waals surface area contributed by atoms with Gasteiger partial charge in [-0.3, -0.25) is 14.5 Å². The highest BCUT2D eigenvalue weighted by molar-refractivity contribution is 7.81. The van der Waals surface area contributed by atoms with Crippen LogP contribution in [-0.2, 0) is 14.3 Å². The van der Waals surface area contributed by atoms with Crippen molar-refractivity contribution in [1.29, 1.82) is 0 Å². The summed E-state index contributed by atoms with van der Waals surface area (Å²) >= 11 is 18.7. The summed E-state index contributed by atoms with van der Waals surface area (Å²) < 4.78 is 5.44. The van der Waals surface area contributed by atoms with Crippen molar-refractivity contribution in [3.8, 4) is 0 Å². The first-order valence-electron chi connectivity index (χ1n) is 12.0. The minimum atomic E-state index is -0.603. The summed E-state index contributed by atoms with van der Waals surface area (Å²) in [6.45, 7) is 2.90. The number of hydrogen-bond acceptors (Lipinski definition) is 5. The summed E-state index contributed by atoms with van der Waals surface area (Å²) in [5.74, 6) is -1.13. The molecule has 0 radical (unpaired) electrons. The van der Waals surface area contributed by atoms with E-state index in [1.165, 1.54) is 15.9 Å². The maximum atomic E-state index is 13.7. The fourth-order valence-corrected chi connectivity index (χ4v) is 5.26. The highest BCUT2D eigenvalue weighted by atomic mass is 35.5. The van der Waals surface area contributed by atoms with Gasteiger partial charge in [-0.1, -0.05) is 71.8 Å². The van der Waals surface area contributed by atoms with Crippen LogP contribution in [0.25, 0.3) is 6.08 Å². The van der Waals surface area contributed by atoms with Crippen molar-refractivity contribution >= 4 is 75.5 Å². The highest BCUT2D eigenvalue weighted by Crippen LogP contribution is 2.38. The molecule has 38 heavy (non-hydrogen) atoms. The van der Waals surface area contributed by atoms with Crippen molar-refractivity contribution in [3.05, 3.63) is 106 Å². The van der Waals surface area contributed by atoms with Crippen LogP contribution in [0, 0.1) is 0 Å². The zero-order valence-electron chi connectivity index (χ0n) is 20.2. The number of nitrogens with zero attached hydrogens (tertiary/aromatic N) is 3. The number of benzene rings is 3. The molecule has 3 aromatic rings. The fourth-order valence-electron chi connectivity index (χ4n) is 4.33. The molecule has 0 saturated carbocycles. The second-order valence-electron chi connectivity index (χ2n) is 8.60. The topological polar surface area (TPSA) is 53.1 Å². The van der Waals surface area contributed by atoms with Gasteiger partial charge in [0.05, 0.1) is 34.6 Å². The molecular weight excluding hydrogens is 541 g/mol. The second-order valence-corrected chi connectivity index (χ2v) is 9.78. The van der Waals surface area contributed by atoms with Crippen LogP contribution in [0.5, 0.6) is 0 Å². The van der Waals surface area contributed by atoms with Crippen LogP contribution in [0.2, 0.25) is 10.0 Å². The van der Waals surface area contributed by atoms with E-state index in [9.17, 15) is 9.59 Å². The molecule has 192 valence electrons. The monoisotopic (exact) mass is 563 g/mol. The number of morpholine rings is 1. The molecule has 0 N–H and O–H groups in total. The van der Waals surface area contributed by atoms with Crippen LogP contribution in [0.4, 0.5) is 17.1 Å². The third-order valence-corrected chi connectivity index (χ3v) is 7.22. The van der Waals surface area contributed by atoms with Gasteiger partial charge in [-0.2, -0.15) is 0 Å². The number of hydrogen-bond donors (Lipinski definition) is 0. The van der Waals surface area contributed by atoms with Gasteiger partial charge in [0.15, 0.2) is 5.11 Å². The summed E-state index contributed by atoms with van der Waals surface area (Å²) in [5, 5.41) is 0.451. The van der Waals surface area contributed by atoms with Gasteiger partial charge >= 0.3 is 0 Å². The molecule has 2 saturated heterocycles. The molecule has 0 unspecified atom stereocenters. The Labute approximate surface area is 236 Å². The van der Waals surface area contributed by atoms with Gasteiger partial charge < -0.3 is 9.64 Å². The molecule has 2 amide bonds. The first kappa shape index (κ1) is 26.1. The van der Waals surface area contributed by atoms with Crippen molar-refractivity contribution in [1.82, 2.24) is 0 Å². The lowest BCUT2D eigenvalue weighted by Gasteiger charge is -2.37. The lowest BCUT2D eigenvalue weighted by molar-refractivity contribution is -0.120. The summed E-state index contributed by atoms with van der Waals surface area (Å²) in [7, 11) is 0. The standard InChI is InChI=1S/C29H23Cl2N3O3S/c30-24-10-5-11-25(31)26(24)34-28(36)23(9-4-8-20-6-2-1-3-7-20)27(35)33(29(34)38)22-14-12-21(13-15-22)32-16-18-37-19-17-32/h1-15H,16-19H2/b8-4-,23-9-. The Morgan fingerprint density at radius 2 is 1.37 bits per heavy atom. The summed E-state index contributed by atoms with van der Waals surface area (Å²) in [6.07, 6.45) is 4.97. The van der Waals surface area contributed by atoms with E-state index >= 15 is 0 Å². The summed E-state index contributed by atoms with van der Waals surface area (Å²) in [5.41, 5.74) is 2.62. The third kappa shape index (κ3) is 5.24. The van der Waals surface area contributed by atoms with Gasteiger partial charge in [0.25, 0.3) is 11.8 Å². The minimum absolute atomic E-state index is 0.0293. The third-order valence-electron chi connectivity index (χ3n) is 6.25. The average molecular weight is 564 g/mol. The number of amides is 2. The number of rotatable bonds is 5. The molecule has 2 fully saturated rings. The molecule has 0 bridgehead atoms. The van der Waals surface area contributed by atoms with E-state index in [2.05, 4.69) is 4.90 Å². The number of carbonyl (C=O) groups excluding carboxylic acids is 2. The van der Waals surface area contributed by atoms with E-state index in [0.717, 1.165) is 24.3 Å². The van der Waals surface area contributed by atoms with Crippen LogP contribution in [0.15, 0.2) is 90.5 Å². The van der Waals surface area contributed by atoms with E-state index < -0.39 is 11.8 Å². The molecule has 5 rings (SSSR count). The molecule has 0 spiro atoms. The maximum Gasteiger partial charge on any atom is 0.270 e. The van der Waals surface area contributed by atoms with Crippen molar-refractivity contribution in [2.75, 3.05) is 41.0 Å². The van der Waals surface area contributed by atoms with Crippen molar-refractivity contribution in [2.24, 2.45) is 0 Å². The Morgan fingerprint density at radius 1 is 0.763 bits per heavy atom. The Balaban J connectivity index is 1.55. The molecule has 2 aliphatic rings. The zero-order chi connectivity index (χ0) is 26.6. The number of para-hydroxylation sites is 1. The van der Waals surface area contributed by atoms with Crippen LogP contribution in [-0.4, -0.2) is 43.2 Å². The van der Waals surface area contributed by atoms with E-state index in [4.69, 9.17) is 40.2 Å². The SMILES string of the molecule is O=C1/C(=C/C=C\c2ccccc2)C(=O)N(c2c(Cl)cccc2Cl)C(=S)N1c1ccc(N2CCOCC2)cc1. The highest BCUT2D eigenvalue weighted by Gasteiger charge is 2.42. The van der Waals surface area contributed by atoms with Crippen LogP contribution >= 0.6 is 35.4 Å². The van der Waals surface area contributed by atoms with Crippen molar-refractivity contribution < 1.29 is 14.3 Å². The predicted octanol–water partition coefficient (Wildman–Crippen LogP) is 6.13. The number of anilines is 3. The lowest BCUT2D eigenvalue weighted by Crippen LogP contribution is -2.57. The summed E-state index contributed by atoms with van der Waals surface area (Å²) in [6, 6.07) is 22.0. The molecule has 6 nitrogen and oxygen atoms in total. The molecule has 0 aromatic heterocycles. The van der Waals surface area contributed by atoms with E-state index in [1.807, 2.05) is 60.7 Å². The molecule has 3 aromatic carbocycles. The predicted molar refractivity (Wildman–Crippen MR) is 157 cm³/mol. The first-order chi connectivity index (χ1) is 18.5. The van der Waals surface area contributed by atoms with Gasteiger partial charge in [0.2, 0.25) is 0 Å². The lowest BCUT2D eigenvalue weighted by atomic mass is 10.1. The van der Waals surface area contributed by atoms with Crippen molar-refractivity contribution in [2.45, 2.75) is 0 Å². The smallest absolute Gasteiger partial charge is 0.270 e. The van der Waals surface area contributed by atoms with Crippen molar-refractivity contribution in [3.63, 3.8) is 0 Å². The molecule has 0 atom stereocenters. The Kier molecular flexibility index (Phi) is 7.90. The number of allylic oxidation sites excluding steroid dienone is 2. The number of thiocarbonyl (C=S) groups is 1. The Hall–Kier alpha value is -3.49. The number of halogens is 2. The normalized spacial score (nSPS) is 17.7. The first-order valence-corrected chi connectivity index (χ1v) is 13.1. The Bertz CT molecular complexity index is 1410. The van der Waals surface area contributed by atoms with Crippen LogP contribution in [0.1, 0.15) is 5.56 Å². The average Bonchev–Trinajstić information content (AvgIpc) is 2.93. The van der Waals surface area contributed by atoms with Crippen LogP contribution < -0.4 is 14.7 Å². The van der Waals surface area contributed by atoms with E-state index in [1.54, 1.807) is 24.3 Å². The van der Waals surface area contributed by atoms with Crippen LogP contribution in [0.3, 0.4) is 0 Å². The van der Waals surface area contributed by atoms with Gasteiger partial charge in [0.1, 0.15) is 5.57 Å². The number of carbonyl (C=O) groups is 2. The zero-order valence-corrected chi connectivity index (χ0v) is 22.5. The molecule has 2 aliphatic heterocycles. The largest absolute Gasteiger partial charge is 0.378 e. The molecular formula is C29H23Cl2N3O3S. The maximum absolute atomic E-state index is 13.7. The van der Waals surface area contributed by atoms with E-state index in [0.29, 0.717) is 18.9 Å². The van der Waals surface area contributed by atoms with Gasteiger partial charge in [-0.15, -0.1) is 0 Å². The quantitative estimate of drug-likeness (QED) is 0.212. The second kappa shape index (κ2) is 11.5. The van der Waals surface area contributed by atoms with Gasteiger partial charge in [-0.25, -0.2) is 4.90 Å².